The number of carboxylic acid groups (broad SMARTS) is 1. The van der Waals surface area contributed by atoms with E-state index < -0.39 is 12.1 Å². The van der Waals surface area contributed by atoms with Crippen molar-refractivity contribution in [2.24, 2.45) is 7.05 Å². The summed E-state index contributed by atoms with van der Waals surface area (Å²) >= 11 is 0. The van der Waals surface area contributed by atoms with Gasteiger partial charge >= 0.3 is 12.1 Å². The van der Waals surface area contributed by atoms with E-state index in [1.165, 1.54) is 9.58 Å². The lowest BCUT2D eigenvalue weighted by Crippen LogP contribution is -2.29. The summed E-state index contributed by atoms with van der Waals surface area (Å²) in [6, 6.07) is 16.2. The van der Waals surface area contributed by atoms with Gasteiger partial charge in [-0.05, 0) is 35.1 Å². The molecular formula is C26H28N4O5. The number of carbonyl (C=O) groups is 3. The molecule has 0 bridgehead atoms. The Labute approximate surface area is 203 Å². The van der Waals surface area contributed by atoms with Gasteiger partial charge in [0.05, 0.1) is 5.69 Å². The molecule has 2 aromatic carbocycles. The molecule has 4 rings (SSSR count). The normalized spacial score (nSPS) is 12.1. The first-order chi connectivity index (χ1) is 16.8. The number of hydrogen-bond donors (Lipinski definition) is 2. The third-order valence-corrected chi connectivity index (χ3v) is 6.09. The van der Waals surface area contributed by atoms with Crippen LogP contribution < -0.4 is 5.32 Å². The van der Waals surface area contributed by atoms with Gasteiger partial charge in [-0.2, -0.15) is 5.10 Å². The molecule has 3 aromatic rings. The van der Waals surface area contributed by atoms with E-state index in [2.05, 4.69) is 22.5 Å². The van der Waals surface area contributed by atoms with E-state index in [9.17, 15) is 14.4 Å². The van der Waals surface area contributed by atoms with E-state index in [1.807, 2.05) is 36.4 Å². The van der Waals surface area contributed by atoms with Crippen molar-refractivity contribution in [1.82, 2.24) is 14.7 Å². The zero-order valence-corrected chi connectivity index (χ0v) is 19.7. The van der Waals surface area contributed by atoms with Crippen molar-refractivity contribution in [3.05, 3.63) is 71.5 Å². The Balaban J connectivity index is 1.39. The number of unbranched alkanes of at least 4 members (excludes halogenated alkanes) is 1. The van der Waals surface area contributed by atoms with Crippen LogP contribution in [0.4, 0.5) is 10.5 Å². The van der Waals surface area contributed by atoms with E-state index >= 15 is 0 Å². The molecule has 182 valence electrons. The van der Waals surface area contributed by atoms with Crippen molar-refractivity contribution >= 4 is 23.7 Å². The van der Waals surface area contributed by atoms with Crippen LogP contribution in [-0.4, -0.2) is 58.0 Å². The molecule has 2 amide bonds. The second-order valence-corrected chi connectivity index (χ2v) is 8.59. The Hall–Kier alpha value is -4.14. The summed E-state index contributed by atoms with van der Waals surface area (Å²) in [5.74, 6) is -1.30. The molecule has 2 N–H and O–H groups in total. The van der Waals surface area contributed by atoms with E-state index in [4.69, 9.17) is 9.84 Å². The SMILES string of the molecule is CN(CCCCC(=O)O)C(=O)c1nn(C)cc1NC(=O)OCC1c2ccccc2-c2ccccc21. The number of aromatic nitrogens is 2. The lowest BCUT2D eigenvalue weighted by Gasteiger charge is -2.17. The number of fused-ring (bicyclic) bond motifs is 3. The maximum absolute atomic E-state index is 12.9. The van der Waals surface area contributed by atoms with Gasteiger partial charge in [0.1, 0.15) is 6.61 Å². The highest BCUT2D eigenvalue weighted by molar-refractivity contribution is 6.00. The molecule has 9 nitrogen and oxygen atoms in total. The van der Waals surface area contributed by atoms with Crippen molar-refractivity contribution in [1.29, 1.82) is 0 Å². The lowest BCUT2D eigenvalue weighted by molar-refractivity contribution is -0.137. The summed E-state index contributed by atoms with van der Waals surface area (Å²) in [7, 11) is 3.28. The van der Waals surface area contributed by atoms with Crippen molar-refractivity contribution in [2.45, 2.75) is 25.2 Å². The van der Waals surface area contributed by atoms with Crippen molar-refractivity contribution < 1.29 is 24.2 Å². The number of nitrogens with zero attached hydrogens (tertiary/aromatic N) is 3. The van der Waals surface area contributed by atoms with E-state index in [-0.39, 0.29) is 36.2 Å². The Morgan fingerprint density at radius 2 is 1.69 bits per heavy atom. The van der Waals surface area contributed by atoms with Gasteiger partial charge in [0, 0.05) is 39.2 Å². The number of anilines is 1. The predicted octanol–water partition coefficient (Wildman–Crippen LogP) is 4.11. The first-order valence-electron chi connectivity index (χ1n) is 11.5. The number of carbonyl (C=O) groups excluding carboxylic acids is 2. The lowest BCUT2D eigenvalue weighted by atomic mass is 9.98. The molecule has 0 fully saturated rings. The summed E-state index contributed by atoms with van der Waals surface area (Å²) in [6.07, 6.45) is 1.96. The number of aryl methyl sites for hydroxylation is 1. The van der Waals surface area contributed by atoms with E-state index in [0.717, 1.165) is 22.3 Å². The Kier molecular flexibility index (Phi) is 7.14. The van der Waals surface area contributed by atoms with Crippen LogP contribution in [0.25, 0.3) is 11.1 Å². The number of amides is 2. The number of ether oxygens (including phenoxy) is 1. The molecule has 1 aliphatic rings. The summed E-state index contributed by atoms with van der Waals surface area (Å²) in [6.45, 7) is 0.542. The smallest absolute Gasteiger partial charge is 0.411 e. The molecule has 0 atom stereocenters. The maximum Gasteiger partial charge on any atom is 0.411 e. The summed E-state index contributed by atoms with van der Waals surface area (Å²) < 4.78 is 7.03. The Morgan fingerprint density at radius 3 is 2.31 bits per heavy atom. The molecular weight excluding hydrogens is 448 g/mol. The molecule has 0 radical (unpaired) electrons. The molecule has 1 aromatic heterocycles. The van der Waals surface area contributed by atoms with Gasteiger partial charge in [-0.15, -0.1) is 0 Å². The molecule has 9 heteroatoms. The van der Waals surface area contributed by atoms with Crippen molar-refractivity contribution in [3.8, 4) is 11.1 Å². The highest BCUT2D eigenvalue weighted by Gasteiger charge is 2.29. The van der Waals surface area contributed by atoms with Gasteiger partial charge in [-0.25, -0.2) is 4.79 Å². The Bertz CT molecular complexity index is 1210. The number of aliphatic carboxylic acids is 1. The molecule has 1 heterocycles. The zero-order chi connectivity index (χ0) is 24.9. The fourth-order valence-electron chi connectivity index (χ4n) is 4.39. The third kappa shape index (κ3) is 5.34. The Morgan fingerprint density at radius 1 is 1.06 bits per heavy atom. The molecule has 0 unspecified atom stereocenters. The number of benzene rings is 2. The standard InChI is InChI=1S/C26H28N4O5/c1-29(14-8-7-13-23(31)32)25(33)24-22(15-30(2)28-24)27-26(34)35-16-21-19-11-5-3-9-17(19)18-10-4-6-12-20(18)21/h3-6,9-12,15,21H,7-8,13-14,16H2,1-2H3,(H,27,34)(H,31,32). The van der Waals surface area contributed by atoms with Crippen LogP contribution >= 0.6 is 0 Å². The summed E-state index contributed by atoms with van der Waals surface area (Å²) in [4.78, 5) is 37.7. The number of carboxylic acids is 1. The van der Waals surface area contributed by atoms with Crippen LogP contribution in [0, 0.1) is 0 Å². The van der Waals surface area contributed by atoms with Crippen LogP contribution in [0.1, 0.15) is 46.8 Å². The maximum atomic E-state index is 12.9. The summed E-state index contributed by atoms with van der Waals surface area (Å²) in [5.41, 5.74) is 4.87. The molecule has 0 aliphatic heterocycles. The predicted molar refractivity (Wildman–Crippen MR) is 130 cm³/mol. The number of hydrogen-bond acceptors (Lipinski definition) is 5. The van der Waals surface area contributed by atoms with Gasteiger partial charge in [0.15, 0.2) is 5.69 Å². The van der Waals surface area contributed by atoms with Gasteiger partial charge in [-0.1, -0.05) is 48.5 Å². The third-order valence-electron chi connectivity index (χ3n) is 6.09. The molecule has 0 saturated carbocycles. The average Bonchev–Trinajstić information content (AvgIpc) is 3.37. The fraction of sp³-hybridized carbons (Fsp3) is 0.308. The van der Waals surface area contributed by atoms with Crippen LogP contribution in [0.2, 0.25) is 0 Å². The van der Waals surface area contributed by atoms with Crippen molar-refractivity contribution in [2.75, 3.05) is 25.5 Å². The van der Waals surface area contributed by atoms with Gasteiger partial charge in [-0.3, -0.25) is 19.6 Å². The highest BCUT2D eigenvalue weighted by atomic mass is 16.5. The minimum Gasteiger partial charge on any atom is -0.481 e. The quantitative estimate of drug-likeness (QED) is 0.450. The van der Waals surface area contributed by atoms with Gasteiger partial charge in [0.2, 0.25) is 0 Å². The second-order valence-electron chi connectivity index (χ2n) is 8.59. The van der Waals surface area contributed by atoms with Crippen LogP contribution in [0.5, 0.6) is 0 Å². The van der Waals surface area contributed by atoms with E-state index in [1.54, 1.807) is 20.3 Å². The number of rotatable bonds is 9. The first kappa shape index (κ1) is 24.0. The first-order valence-corrected chi connectivity index (χ1v) is 11.5. The van der Waals surface area contributed by atoms with Crippen LogP contribution in [-0.2, 0) is 16.6 Å². The van der Waals surface area contributed by atoms with E-state index in [0.29, 0.717) is 19.4 Å². The molecule has 35 heavy (non-hydrogen) atoms. The van der Waals surface area contributed by atoms with Crippen molar-refractivity contribution in [3.63, 3.8) is 0 Å². The number of nitrogens with one attached hydrogen (secondary N) is 1. The van der Waals surface area contributed by atoms with Gasteiger partial charge < -0.3 is 14.7 Å². The monoisotopic (exact) mass is 476 g/mol. The van der Waals surface area contributed by atoms with Crippen LogP contribution in [0.3, 0.4) is 0 Å². The topological polar surface area (TPSA) is 114 Å². The fourth-order valence-corrected chi connectivity index (χ4v) is 4.39. The van der Waals surface area contributed by atoms with Crippen LogP contribution in [0.15, 0.2) is 54.7 Å². The second kappa shape index (κ2) is 10.4. The molecule has 1 aliphatic carbocycles. The highest BCUT2D eigenvalue weighted by Crippen LogP contribution is 2.44. The zero-order valence-electron chi connectivity index (χ0n) is 19.7. The average molecular weight is 477 g/mol. The largest absolute Gasteiger partial charge is 0.481 e. The minimum absolute atomic E-state index is 0.0558. The minimum atomic E-state index is -0.863. The molecule has 0 saturated heterocycles. The summed E-state index contributed by atoms with van der Waals surface area (Å²) in [5, 5.41) is 15.6. The van der Waals surface area contributed by atoms with Gasteiger partial charge in [0.25, 0.3) is 5.91 Å². The molecule has 0 spiro atoms.